The van der Waals surface area contributed by atoms with E-state index in [4.69, 9.17) is 4.18 Å². The predicted octanol–water partition coefficient (Wildman–Crippen LogP) is 4.45. The Morgan fingerprint density at radius 3 is 2.17 bits per heavy atom. The zero-order valence-corrected chi connectivity index (χ0v) is 11.7. The molecule has 2 aromatic rings. The maximum absolute atomic E-state index is 5.37. The molecule has 1 unspecified atom stereocenters. The zero-order valence-electron chi connectivity index (χ0n) is 10.8. The minimum atomic E-state index is -0.00404. The van der Waals surface area contributed by atoms with Gasteiger partial charge in [0.25, 0.3) is 0 Å². The largest absolute Gasteiger partial charge is 0.310 e. The summed E-state index contributed by atoms with van der Waals surface area (Å²) in [6.07, 6.45) is 0.844. The van der Waals surface area contributed by atoms with E-state index in [1.165, 1.54) is 22.3 Å². The van der Waals surface area contributed by atoms with Crippen molar-refractivity contribution in [3.63, 3.8) is 0 Å². The van der Waals surface area contributed by atoms with Crippen LogP contribution >= 0.6 is 12.9 Å². The van der Waals surface area contributed by atoms with Crippen LogP contribution in [0.5, 0.6) is 0 Å². The van der Waals surface area contributed by atoms with Crippen LogP contribution in [0.4, 0.5) is 0 Å². The molecule has 0 N–H and O–H groups in total. The van der Waals surface area contributed by atoms with Crippen molar-refractivity contribution in [2.45, 2.75) is 26.4 Å². The van der Waals surface area contributed by atoms with E-state index in [0.29, 0.717) is 0 Å². The lowest BCUT2D eigenvalue weighted by Gasteiger charge is -2.18. The Kier molecular flexibility index (Phi) is 4.45. The van der Waals surface area contributed by atoms with Gasteiger partial charge in [-0.05, 0) is 49.0 Å². The van der Waals surface area contributed by atoms with E-state index in [1.54, 1.807) is 0 Å². The summed E-state index contributed by atoms with van der Waals surface area (Å²) < 4.78 is 5.37. The number of aryl methyl sites for hydroxylation is 2. The van der Waals surface area contributed by atoms with E-state index < -0.39 is 0 Å². The quantitative estimate of drug-likeness (QED) is 0.629. The predicted molar refractivity (Wildman–Crippen MR) is 78.9 cm³/mol. The molecule has 2 aromatic carbocycles. The first-order valence-corrected chi connectivity index (χ1v) is 6.49. The van der Waals surface area contributed by atoms with Gasteiger partial charge >= 0.3 is 0 Å². The molecule has 1 atom stereocenters. The summed E-state index contributed by atoms with van der Waals surface area (Å²) in [6, 6.07) is 16.7. The van der Waals surface area contributed by atoms with Gasteiger partial charge < -0.3 is 4.18 Å². The standard InChI is InChI=1S/C16H18OS/c1-12-7-3-5-9-14(12)11-16(17-18)15-10-6-4-8-13(15)2/h3-10,16,18H,11H2,1-2H3. The van der Waals surface area contributed by atoms with Crippen molar-refractivity contribution in [1.82, 2.24) is 0 Å². The molecule has 0 bridgehead atoms. The molecule has 0 saturated heterocycles. The molecule has 0 aliphatic rings. The van der Waals surface area contributed by atoms with Crippen LogP contribution in [0.15, 0.2) is 48.5 Å². The smallest absolute Gasteiger partial charge is 0.101 e. The highest BCUT2D eigenvalue weighted by molar-refractivity contribution is 7.75. The Balaban J connectivity index is 2.26. The Morgan fingerprint density at radius 2 is 1.56 bits per heavy atom. The number of benzene rings is 2. The van der Waals surface area contributed by atoms with Gasteiger partial charge in [0.2, 0.25) is 0 Å². The summed E-state index contributed by atoms with van der Waals surface area (Å²) >= 11 is 4.04. The van der Waals surface area contributed by atoms with E-state index in [1.807, 2.05) is 12.1 Å². The fourth-order valence-electron chi connectivity index (χ4n) is 2.19. The monoisotopic (exact) mass is 258 g/mol. The van der Waals surface area contributed by atoms with Crippen molar-refractivity contribution in [3.05, 3.63) is 70.8 Å². The average molecular weight is 258 g/mol. The van der Waals surface area contributed by atoms with Crippen LogP contribution in [0.25, 0.3) is 0 Å². The Bertz CT molecular complexity index is 522. The SMILES string of the molecule is Cc1ccccc1CC(OS)c1ccccc1C. The van der Waals surface area contributed by atoms with E-state index in [2.05, 4.69) is 63.2 Å². The maximum Gasteiger partial charge on any atom is 0.101 e. The molecule has 0 saturated carbocycles. The summed E-state index contributed by atoms with van der Waals surface area (Å²) in [4.78, 5) is 0. The topological polar surface area (TPSA) is 9.23 Å². The molecular formula is C16H18OS. The number of thiol groups is 1. The van der Waals surface area contributed by atoms with Crippen LogP contribution in [0.2, 0.25) is 0 Å². The first-order valence-electron chi connectivity index (χ1n) is 6.12. The summed E-state index contributed by atoms with van der Waals surface area (Å²) in [5, 5.41) is 0. The van der Waals surface area contributed by atoms with Crippen LogP contribution in [-0.2, 0) is 10.6 Å². The number of hydrogen-bond donors (Lipinski definition) is 1. The fraction of sp³-hybridized carbons (Fsp3) is 0.250. The lowest BCUT2D eigenvalue weighted by molar-refractivity contribution is 0.253. The fourth-order valence-corrected chi connectivity index (χ4v) is 2.38. The molecule has 0 amide bonds. The van der Waals surface area contributed by atoms with Crippen molar-refractivity contribution >= 4 is 12.9 Å². The Labute approximate surface area is 114 Å². The summed E-state index contributed by atoms with van der Waals surface area (Å²) in [5.41, 5.74) is 5.04. The zero-order chi connectivity index (χ0) is 13.0. The van der Waals surface area contributed by atoms with E-state index in [-0.39, 0.29) is 6.10 Å². The highest BCUT2D eigenvalue weighted by Crippen LogP contribution is 2.27. The molecule has 2 heteroatoms. The van der Waals surface area contributed by atoms with Gasteiger partial charge in [-0.15, -0.1) is 0 Å². The highest BCUT2D eigenvalue weighted by atomic mass is 32.1. The minimum Gasteiger partial charge on any atom is -0.310 e. The molecule has 0 aromatic heterocycles. The van der Waals surface area contributed by atoms with E-state index in [9.17, 15) is 0 Å². The molecular weight excluding hydrogens is 240 g/mol. The average Bonchev–Trinajstić information content (AvgIpc) is 2.39. The van der Waals surface area contributed by atoms with Crippen LogP contribution in [0.1, 0.15) is 28.4 Å². The van der Waals surface area contributed by atoms with Gasteiger partial charge in [-0.2, -0.15) is 0 Å². The van der Waals surface area contributed by atoms with Gasteiger partial charge in [-0.3, -0.25) is 0 Å². The first-order chi connectivity index (χ1) is 8.72. The third-order valence-corrected chi connectivity index (χ3v) is 3.58. The van der Waals surface area contributed by atoms with Crippen molar-refractivity contribution < 1.29 is 4.18 Å². The molecule has 0 aliphatic heterocycles. The Morgan fingerprint density at radius 1 is 0.944 bits per heavy atom. The van der Waals surface area contributed by atoms with E-state index in [0.717, 1.165) is 6.42 Å². The molecule has 18 heavy (non-hydrogen) atoms. The van der Waals surface area contributed by atoms with Crippen LogP contribution in [0, 0.1) is 13.8 Å². The second-order valence-electron chi connectivity index (χ2n) is 4.58. The van der Waals surface area contributed by atoms with Crippen molar-refractivity contribution in [2.24, 2.45) is 0 Å². The molecule has 0 spiro atoms. The molecule has 2 rings (SSSR count). The maximum atomic E-state index is 5.37. The summed E-state index contributed by atoms with van der Waals surface area (Å²) in [7, 11) is 0. The van der Waals surface area contributed by atoms with Crippen molar-refractivity contribution in [1.29, 1.82) is 0 Å². The highest BCUT2D eigenvalue weighted by Gasteiger charge is 2.14. The van der Waals surface area contributed by atoms with Crippen LogP contribution < -0.4 is 0 Å². The molecule has 94 valence electrons. The second kappa shape index (κ2) is 6.07. The third-order valence-electron chi connectivity index (χ3n) is 3.33. The van der Waals surface area contributed by atoms with Gasteiger partial charge in [0.15, 0.2) is 0 Å². The summed E-state index contributed by atoms with van der Waals surface area (Å²) in [6.45, 7) is 4.23. The van der Waals surface area contributed by atoms with E-state index >= 15 is 0 Å². The molecule has 0 radical (unpaired) electrons. The van der Waals surface area contributed by atoms with Crippen LogP contribution in [0.3, 0.4) is 0 Å². The molecule has 0 fully saturated rings. The van der Waals surface area contributed by atoms with Crippen LogP contribution in [-0.4, -0.2) is 0 Å². The van der Waals surface area contributed by atoms with Gasteiger partial charge in [0.1, 0.15) is 6.10 Å². The lowest BCUT2D eigenvalue weighted by Crippen LogP contribution is -2.06. The molecule has 0 heterocycles. The van der Waals surface area contributed by atoms with Gasteiger partial charge in [-0.1, -0.05) is 48.5 Å². The first kappa shape index (κ1) is 13.2. The van der Waals surface area contributed by atoms with Crippen molar-refractivity contribution in [2.75, 3.05) is 0 Å². The second-order valence-corrected chi connectivity index (χ2v) is 4.79. The van der Waals surface area contributed by atoms with Gasteiger partial charge in [-0.25, -0.2) is 0 Å². The molecule has 1 nitrogen and oxygen atoms in total. The number of rotatable bonds is 4. The third kappa shape index (κ3) is 2.95. The minimum absolute atomic E-state index is 0.00404. The van der Waals surface area contributed by atoms with Crippen molar-refractivity contribution in [3.8, 4) is 0 Å². The van der Waals surface area contributed by atoms with Gasteiger partial charge in [0.05, 0.1) is 0 Å². The summed E-state index contributed by atoms with van der Waals surface area (Å²) in [5.74, 6) is 0. The lowest BCUT2D eigenvalue weighted by atomic mass is 9.96. The molecule has 0 aliphatic carbocycles. The normalized spacial score (nSPS) is 12.4. The number of hydrogen-bond acceptors (Lipinski definition) is 2. The van der Waals surface area contributed by atoms with Gasteiger partial charge in [0, 0.05) is 6.42 Å². The Hall–Kier alpha value is -1.25.